The zero-order valence-corrected chi connectivity index (χ0v) is 16.4. The quantitative estimate of drug-likeness (QED) is 0.726. The van der Waals surface area contributed by atoms with E-state index in [0.29, 0.717) is 6.01 Å². The van der Waals surface area contributed by atoms with Crippen LogP contribution in [0.15, 0.2) is 36.4 Å². The highest BCUT2D eigenvalue weighted by Crippen LogP contribution is 2.27. The lowest BCUT2D eigenvalue weighted by Gasteiger charge is -2.28. The Morgan fingerprint density at radius 3 is 2.48 bits per heavy atom. The minimum Gasteiger partial charge on any atom is -0.460 e. The fourth-order valence-electron chi connectivity index (χ4n) is 3.57. The number of amides is 1. The van der Waals surface area contributed by atoms with Gasteiger partial charge in [-0.3, -0.25) is 4.79 Å². The third-order valence-electron chi connectivity index (χ3n) is 4.89. The number of ether oxygens (including phenoxy) is 1. The fourth-order valence-corrected chi connectivity index (χ4v) is 4.54. The summed E-state index contributed by atoms with van der Waals surface area (Å²) < 4.78 is 7.11. The van der Waals surface area contributed by atoms with Gasteiger partial charge in [-0.1, -0.05) is 18.2 Å². The van der Waals surface area contributed by atoms with Gasteiger partial charge in [0.1, 0.15) is 6.10 Å². The van der Waals surface area contributed by atoms with E-state index in [9.17, 15) is 4.79 Å². The van der Waals surface area contributed by atoms with Crippen molar-refractivity contribution in [3.05, 3.63) is 52.7 Å². The molecule has 0 bridgehead atoms. The Balaban J connectivity index is 1.31. The SMILES string of the molecule is Cc1cc(C)nc(OC2CCC(NC(=O)c3cc4ccccc4s3)CC2)n1. The molecule has 1 aliphatic carbocycles. The van der Waals surface area contributed by atoms with Gasteiger partial charge < -0.3 is 10.1 Å². The number of carbonyl (C=O) groups is 1. The average Bonchev–Trinajstić information content (AvgIpc) is 3.07. The van der Waals surface area contributed by atoms with Crippen LogP contribution in [-0.4, -0.2) is 28.0 Å². The van der Waals surface area contributed by atoms with Crippen molar-refractivity contribution >= 4 is 27.3 Å². The number of hydrogen-bond acceptors (Lipinski definition) is 5. The molecule has 1 fully saturated rings. The van der Waals surface area contributed by atoms with Gasteiger partial charge in [-0.05, 0) is 63.1 Å². The van der Waals surface area contributed by atoms with E-state index in [1.54, 1.807) is 11.3 Å². The molecule has 5 nitrogen and oxygen atoms in total. The molecule has 0 radical (unpaired) electrons. The van der Waals surface area contributed by atoms with Crippen molar-refractivity contribution in [2.24, 2.45) is 0 Å². The molecule has 1 saturated carbocycles. The molecule has 4 rings (SSSR count). The zero-order valence-electron chi connectivity index (χ0n) is 15.6. The summed E-state index contributed by atoms with van der Waals surface area (Å²) >= 11 is 1.55. The molecule has 1 aromatic carbocycles. The first kappa shape index (κ1) is 17.9. The molecule has 1 aliphatic rings. The smallest absolute Gasteiger partial charge is 0.317 e. The van der Waals surface area contributed by atoms with Crippen LogP contribution in [0.2, 0.25) is 0 Å². The molecule has 140 valence electrons. The number of rotatable bonds is 4. The van der Waals surface area contributed by atoms with Gasteiger partial charge in [0.25, 0.3) is 5.91 Å². The lowest BCUT2D eigenvalue weighted by atomic mass is 9.93. The van der Waals surface area contributed by atoms with Crippen molar-refractivity contribution < 1.29 is 9.53 Å². The second-order valence-corrected chi connectivity index (χ2v) is 8.23. The number of aromatic nitrogens is 2. The molecule has 6 heteroatoms. The van der Waals surface area contributed by atoms with Crippen molar-refractivity contribution in [2.75, 3.05) is 0 Å². The number of nitrogens with one attached hydrogen (secondary N) is 1. The predicted octanol–water partition coefficient (Wildman–Crippen LogP) is 4.43. The van der Waals surface area contributed by atoms with Gasteiger partial charge in [0, 0.05) is 22.1 Å². The highest BCUT2D eigenvalue weighted by molar-refractivity contribution is 7.20. The van der Waals surface area contributed by atoms with Gasteiger partial charge in [0.15, 0.2) is 0 Å². The van der Waals surface area contributed by atoms with Crippen LogP contribution in [0.4, 0.5) is 0 Å². The van der Waals surface area contributed by atoms with Crippen molar-refractivity contribution in [3.63, 3.8) is 0 Å². The van der Waals surface area contributed by atoms with Gasteiger partial charge in [0.2, 0.25) is 0 Å². The van der Waals surface area contributed by atoms with E-state index < -0.39 is 0 Å². The summed E-state index contributed by atoms with van der Waals surface area (Å²) in [6.45, 7) is 3.89. The summed E-state index contributed by atoms with van der Waals surface area (Å²) in [5.41, 5.74) is 1.84. The average molecular weight is 382 g/mol. The first-order chi connectivity index (χ1) is 13.1. The van der Waals surface area contributed by atoms with E-state index in [-0.39, 0.29) is 18.1 Å². The summed E-state index contributed by atoms with van der Waals surface area (Å²) in [5.74, 6) is 0.0261. The molecule has 0 unspecified atom stereocenters. The molecule has 0 spiro atoms. The Morgan fingerprint density at radius 2 is 1.78 bits per heavy atom. The summed E-state index contributed by atoms with van der Waals surface area (Å²) in [7, 11) is 0. The van der Waals surface area contributed by atoms with Crippen LogP contribution in [-0.2, 0) is 0 Å². The number of fused-ring (bicyclic) bond motifs is 1. The standard InChI is InChI=1S/C21H23N3O2S/c1-13-11-14(2)23-21(22-13)26-17-9-7-16(8-10-17)24-20(25)19-12-15-5-3-4-6-18(15)27-19/h3-6,11-12,16-17H,7-10H2,1-2H3,(H,24,25). The van der Waals surface area contributed by atoms with Gasteiger partial charge in [-0.25, -0.2) is 9.97 Å². The molecule has 1 N–H and O–H groups in total. The molecule has 0 atom stereocenters. The van der Waals surface area contributed by atoms with Gasteiger partial charge in [-0.2, -0.15) is 0 Å². The Bertz CT molecular complexity index is 908. The third kappa shape index (κ3) is 4.27. The van der Waals surface area contributed by atoms with E-state index in [4.69, 9.17) is 4.74 Å². The number of benzene rings is 1. The lowest BCUT2D eigenvalue weighted by molar-refractivity contribution is 0.0888. The minimum atomic E-state index is 0.0261. The molecule has 1 amide bonds. The van der Waals surface area contributed by atoms with E-state index in [1.807, 2.05) is 44.2 Å². The van der Waals surface area contributed by atoms with Crippen LogP contribution in [0.25, 0.3) is 10.1 Å². The molecular formula is C21H23N3O2S. The van der Waals surface area contributed by atoms with E-state index in [0.717, 1.165) is 52.0 Å². The van der Waals surface area contributed by atoms with E-state index in [1.165, 1.54) is 0 Å². The second-order valence-electron chi connectivity index (χ2n) is 7.15. The van der Waals surface area contributed by atoms with Gasteiger partial charge in [0.05, 0.1) is 4.88 Å². The topological polar surface area (TPSA) is 64.1 Å². The van der Waals surface area contributed by atoms with Gasteiger partial charge >= 0.3 is 6.01 Å². The van der Waals surface area contributed by atoms with Crippen molar-refractivity contribution in [3.8, 4) is 6.01 Å². The van der Waals surface area contributed by atoms with Gasteiger partial charge in [-0.15, -0.1) is 11.3 Å². The molecule has 3 aromatic rings. The normalized spacial score (nSPS) is 19.8. The number of thiophene rings is 1. The molecule has 2 aromatic heterocycles. The summed E-state index contributed by atoms with van der Waals surface area (Å²) in [5, 5.41) is 4.31. The maximum absolute atomic E-state index is 12.6. The summed E-state index contributed by atoms with van der Waals surface area (Å²) in [6, 6.07) is 12.7. The second kappa shape index (κ2) is 7.64. The molecule has 27 heavy (non-hydrogen) atoms. The van der Waals surface area contributed by atoms with Crippen LogP contribution < -0.4 is 10.1 Å². The number of nitrogens with zero attached hydrogens (tertiary/aromatic N) is 2. The van der Waals surface area contributed by atoms with Crippen molar-refractivity contribution in [2.45, 2.75) is 51.7 Å². The maximum atomic E-state index is 12.6. The Labute approximate surface area is 162 Å². The molecular weight excluding hydrogens is 358 g/mol. The maximum Gasteiger partial charge on any atom is 0.317 e. The lowest BCUT2D eigenvalue weighted by Crippen LogP contribution is -2.39. The highest BCUT2D eigenvalue weighted by atomic mass is 32.1. The van der Waals surface area contributed by atoms with Crippen LogP contribution in [0.1, 0.15) is 46.7 Å². The first-order valence-electron chi connectivity index (χ1n) is 9.35. The third-order valence-corrected chi connectivity index (χ3v) is 6.01. The van der Waals surface area contributed by atoms with Crippen LogP contribution in [0, 0.1) is 13.8 Å². The van der Waals surface area contributed by atoms with Crippen LogP contribution in [0.3, 0.4) is 0 Å². The summed E-state index contributed by atoms with van der Waals surface area (Å²) in [4.78, 5) is 22.1. The summed E-state index contributed by atoms with van der Waals surface area (Å²) in [6.07, 6.45) is 3.73. The Morgan fingerprint density at radius 1 is 1.07 bits per heavy atom. The number of carbonyl (C=O) groups excluding carboxylic acids is 1. The van der Waals surface area contributed by atoms with E-state index >= 15 is 0 Å². The number of aryl methyl sites for hydroxylation is 2. The van der Waals surface area contributed by atoms with E-state index in [2.05, 4.69) is 21.4 Å². The first-order valence-corrected chi connectivity index (χ1v) is 10.2. The zero-order chi connectivity index (χ0) is 18.8. The minimum absolute atomic E-state index is 0.0261. The van der Waals surface area contributed by atoms with Crippen molar-refractivity contribution in [1.82, 2.24) is 15.3 Å². The molecule has 2 heterocycles. The highest BCUT2D eigenvalue weighted by Gasteiger charge is 2.25. The Kier molecular flexibility index (Phi) is 5.07. The number of hydrogen-bond donors (Lipinski definition) is 1. The fraction of sp³-hybridized carbons (Fsp3) is 0.381. The Hall–Kier alpha value is -2.47. The monoisotopic (exact) mass is 381 g/mol. The largest absolute Gasteiger partial charge is 0.460 e. The van der Waals surface area contributed by atoms with Crippen molar-refractivity contribution in [1.29, 1.82) is 0 Å². The van der Waals surface area contributed by atoms with Crippen LogP contribution in [0.5, 0.6) is 6.01 Å². The predicted molar refractivity (Wildman–Crippen MR) is 107 cm³/mol. The molecule has 0 saturated heterocycles. The van der Waals surface area contributed by atoms with Crippen LogP contribution >= 0.6 is 11.3 Å². The molecule has 0 aliphatic heterocycles.